The van der Waals surface area contributed by atoms with Crippen LogP contribution in [-0.2, 0) is 12.3 Å². The molecule has 0 radical (unpaired) electrons. The fourth-order valence-electron chi connectivity index (χ4n) is 2.69. The monoisotopic (exact) mass is 300 g/mol. The minimum atomic E-state index is -2.87. The molecule has 112 valence electrons. The van der Waals surface area contributed by atoms with Gasteiger partial charge in [-0.05, 0) is 11.6 Å². The first-order valence-corrected chi connectivity index (χ1v) is 6.89. The first-order chi connectivity index (χ1) is 10.4. The third-order valence-electron chi connectivity index (χ3n) is 3.82. The SMILES string of the molecule is CC(F)(F)c1ccc(-c2cc(N)c(C#N)c3c2OCC3)cc1. The van der Waals surface area contributed by atoms with E-state index in [1.54, 1.807) is 18.2 Å². The van der Waals surface area contributed by atoms with Gasteiger partial charge in [0.05, 0.1) is 17.9 Å². The van der Waals surface area contributed by atoms with Gasteiger partial charge in [-0.1, -0.05) is 24.3 Å². The molecule has 22 heavy (non-hydrogen) atoms. The highest BCUT2D eigenvalue weighted by Crippen LogP contribution is 2.41. The molecule has 0 fully saturated rings. The zero-order valence-electron chi connectivity index (χ0n) is 12.0. The molecule has 0 amide bonds. The molecule has 0 aromatic heterocycles. The Morgan fingerprint density at radius 2 is 1.95 bits per heavy atom. The Bertz CT molecular complexity index is 771. The van der Waals surface area contributed by atoms with Crippen molar-refractivity contribution in [1.29, 1.82) is 5.26 Å². The second-order valence-electron chi connectivity index (χ2n) is 5.37. The summed E-state index contributed by atoms with van der Waals surface area (Å²) in [4.78, 5) is 0. The van der Waals surface area contributed by atoms with Crippen LogP contribution in [0.4, 0.5) is 14.5 Å². The topological polar surface area (TPSA) is 59.0 Å². The summed E-state index contributed by atoms with van der Waals surface area (Å²) in [7, 11) is 0. The molecular weight excluding hydrogens is 286 g/mol. The predicted molar refractivity (Wildman–Crippen MR) is 79.8 cm³/mol. The summed E-state index contributed by atoms with van der Waals surface area (Å²) in [6.07, 6.45) is 0.626. The first-order valence-electron chi connectivity index (χ1n) is 6.89. The Morgan fingerprint density at radius 1 is 1.27 bits per heavy atom. The maximum atomic E-state index is 13.3. The Hall–Kier alpha value is -2.61. The Kier molecular flexibility index (Phi) is 3.25. The van der Waals surface area contributed by atoms with Crippen LogP contribution in [0.1, 0.15) is 23.6 Å². The lowest BCUT2D eigenvalue weighted by atomic mass is 9.95. The molecule has 3 rings (SSSR count). The summed E-state index contributed by atoms with van der Waals surface area (Å²) in [5, 5.41) is 9.20. The molecule has 0 unspecified atom stereocenters. The van der Waals surface area contributed by atoms with Crippen LogP contribution < -0.4 is 10.5 Å². The van der Waals surface area contributed by atoms with E-state index in [9.17, 15) is 14.0 Å². The van der Waals surface area contributed by atoms with Gasteiger partial charge in [0, 0.05) is 30.0 Å². The van der Waals surface area contributed by atoms with Gasteiger partial charge in [0.15, 0.2) is 0 Å². The number of benzene rings is 2. The quantitative estimate of drug-likeness (QED) is 0.857. The van der Waals surface area contributed by atoms with E-state index in [1.807, 2.05) is 0 Å². The van der Waals surface area contributed by atoms with E-state index < -0.39 is 5.92 Å². The van der Waals surface area contributed by atoms with Crippen molar-refractivity contribution in [2.24, 2.45) is 0 Å². The molecule has 1 aliphatic rings. The second kappa shape index (κ2) is 4.99. The van der Waals surface area contributed by atoms with Crippen molar-refractivity contribution in [3.63, 3.8) is 0 Å². The lowest BCUT2D eigenvalue weighted by Gasteiger charge is -2.14. The fourth-order valence-corrected chi connectivity index (χ4v) is 2.69. The van der Waals surface area contributed by atoms with Crippen molar-refractivity contribution < 1.29 is 13.5 Å². The number of ether oxygens (including phenoxy) is 1. The molecule has 0 saturated carbocycles. The Morgan fingerprint density at radius 3 is 2.55 bits per heavy atom. The van der Waals surface area contributed by atoms with Crippen molar-refractivity contribution in [3.05, 3.63) is 47.0 Å². The lowest BCUT2D eigenvalue weighted by Crippen LogP contribution is -2.06. The van der Waals surface area contributed by atoms with Crippen LogP contribution >= 0.6 is 0 Å². The molecule has 2 aromatic carbocycles. The Balaban J connectivity index is 2.12. The molecule has 5 heteroatoms. The largest absolute Gasteiger partial charge is 0.492 e. The van der Waals surface area contributed by atoms with Crippen LogP contribution in [0.5, 0.6) is 5.75 Å². The number of fused-ring (bicyclic) bond motifs is 1. The summed E-state index contributed by atoms with van der Waals surface area (Å²) < 4.78 is 32.2. The van der Waals surface area contributed by atoms with Gasteiger partial charge in [-0.3, -0.25) is 0 Å². The minimum Gasteiger partial charge on any atom is -0.492 e. The van der Waals surface area contributed by atoms with E-state index in [0.29, 0.717) is 30.0 Å². The molecule has 0 spiro atoms. The normalized spacial score (nSPS) is 13.4. The molecule has 2 aromatic rings. The molecule has 0 aliphatic carbocycles. The molecule has 1 aliphatic heterocycles. The van der Waals surface area contributed by atoms with Crippen LogP contribution in [0.25, 0.3) is 11.1 Å². The maximum absolute atomic E-state index is 13.3. The number of hydrogen-bond donors (Lipinski definition) is 1. The third kappa shape index (κ3) is 2.27. The van der Waals surface area contributed by atoms with Gasteiger partial charge < -0.3 is 10.5 Å². The van der Waals surface area contributed by atoms with E-state index >= 15 is 0 Å². The third-order valence-corrected chi connectivity index (χ3v) is 3.82. The van der Waals surface area contributed by atoms with Gasteiger partial charge in [-0.2, -0.15) is 5.26 Å². The number of nitriles is 1. The average molecular weight is 300 g/mol. The molecule has 0 saturated heterocycles. The van der Waals surface area contributed by atoms with Gasteiger partial charge in [-0.15, -0.1) is 0 Å². The number of rotatable bonds is 2. The highest BCUT2D eigenvalue weighted by atomic mass is 19.3. The van der Waals surface area contributed by atoms with Gasteiger partial charge >= 0.3 is 0 Å². The van der Waals surface area contributed by atoms with E-state index in [2.05, 4.69) is 6.07 Å². The second-order valence-corrected chi connectivity index (χ2v) is 5.37. The minimum absolute atomic E-state index is 0.0459. The number of anilines is 1. The molecular formula is C17H14F2N2O. The molecule has 0 bridgehead atoms. The summed E-state index contributed by atoms with van der Waals surface area (Å²) in [6, 6.07) is 9.80. The predicted octanol–water partition coefficient (Wildman–Crippen LogP) is 3.85. The summed E-state index contributed by atoms with van der Waals surface area (Å²) in [5.41, 5.74) is 8.98. The number of nitrogens with two attached hydrogens (primary N) is 1. The van der Waals surface area contributed by atoms with E-state index in [1.165, 1.54) is 12.1 Å². The number of halogens is 2. The molecule has 2 N–H and O–H groups in total. The van der Waals surface area contributed by atoms with E-state index in [0.717, 1.165) is 23.6 Å². The van der Waals surface area contributed by atoms with Gasteiger partial charge in [-0.25, -0.2) is 8.78 Å². The number of alkyl halides is 2. The number of hydrogen-bond acceptors (Lipinski definition) is 3. The standard InChI is InChI=1S/C17H14F2N2O/c1-17(18,19)11-4-2-10(3-5-11)13-8-15(21)14(9-20)12-6-7-22-16(12)13/h2-5,8H,6-7,21H2,1H3. The molecule has 3 nitrogen and oxygen atoms in total. The molecule has 0 atom stereocenters. The van der Waals surface area contributed by atoms with Crippen LogP contribution in [0.3, 0.4) is 0 Å². The van der Waals surface area contributed by atoms with Crippen LogP contribution in [0.15, 0.2) is 30.3 Å². The first kappa shape index (κ1) is 14.3. The fraction of sp³-hybridized carbons (Fsp3) is 0.235. The smallest absolute Gasteiger partial charge is 0.270 e. The van der Waals surface area contributed by atoms with Crippen molar-refractivity contribution >= 4 is 5.69 Å². The van der Waals surface area contributed by atoms with Crippen molar-refractivity contribution in [2.75, 3.05) is 12.3 Å². The van der Waals surface area contributed by atoms with Crippen LogP contribution in [0, 0.1) is 11.3 Å². The average Bonchev–Trinajstić information content (AvgIpc) is 2.95. The lowest BCUT2D eigenvalue weighted by molar-refractivity contribution is 0.0175. The van der Waals surface area contributed by atoms with Crippen LogP contribution in [-0.4, -0.2) is 6.61 Å². The maximum Gasteiger partial charge on any atom is 0.270 e. The number of nitrogens with zero attached hydrogens (tertiary/aromatic N) is 1. The van der Waals surface area contributed by atoms with Gasteiger partial charge in [0.2, 0.25) is 0 Å². The Labute approximate surface area is 126 Å². The van der Waals surface area contributed by atoms with Gasteiger partial charge in [0.25, 0.3) is 5.92 Å². The highest BCUT2D eigenvalue weighted by Gasteiger charge is 2.26. The highest BCUT2D eigenvalue weighted by molar-refractivity contribution is 5.80. The zero-order valence-corrected chi connectivity index (χ0v) is 12.0. The zero-order chi connectivity index (χ0) is 15.9. The summed E-state index contributed by atoms with van der Waals surface area (Å²) in [5.74, 6) is -2.25. The van der Waals surface area contributed by atoms with Crippen molar-refractivity contribution in [2.45, 2.75) is 19.3 Å². The van der Waals surface area contributed by atoms with E-state index in [-0.39, 0.29) is 5.56 Å². The van der Waals surface area contributed by atoms with E-state index in [4.69, 9.17) is 10.5 Å². The summed E-state index contributed by atoms with van der Waals surface area (Å²) >= 11 is 0. The van der Waals surface area contributed by atoms with Crippen molar-refractivity contribution in [3.8, 4) is 22.9 Å². The number of nitrogen functional groups attached to an aromatic ring is 1. The van der Waals surface area contributed by atoms with Crippen LogP contribution in [0.2, 0.25) is 0 Å². The molecule has 1 heterocycles. The van der Waals surface area contributed by atoms with Crippen molar-refractivity contribution in [1.82, 2.24) is 0 Å². The summed E-state index contributed by atoms with van der Waals surface area (Å²) in [6.45, 7) is 1.36. The van der Waals surface area contributed by atoms with Gasteiger partial charge in [0.1, 0.15) is 11.8 Å².